The van der Waals surface area contributed by atoms with Gasteiger partial charge in [0, 0.05) is 54.6 Å². The molecular formula is C85H85BBr2N2O2. The third-order valence-corrected chi connectivity index (χ3v) is 21.7. The standard InChI is InChI=1S/C46H41N.C20H23Br2N.C19H21BO2/c1-2-3-4-5-6-11-24-47-45-29-33(31-16-20-41-37(25-31)27-35-12-7-9-14-39(35)41)18-22-43(45)44-23-19-34(30-46(44)47)32-17-21-42-38(26-32)28-36-13-8-10-15-40(36)42;1-2-3-4-5-6-7-12-23-19-13-15(21)8-10-17(19)18-11-9-16(22)14-20(18)23;1-18(2)19(3,4)22-20(21-18)15-9-10-17-14(12-15)11-13-7-5-6-8-16(13)17/h7-10,12-23,25-26,29-30H,2-6,11,24,27-28H2,1H3;8-11,13-14H,2-7,12H2,1H3;5-10,12H,11H2,1-4H3. The molecule has 3 heterocycles. The highest BCUT2D eigenvalue weighted by atomic mass is 79.9. The largest absolute Gasteiger partial charge is 0.494 e. The molecule has 3 aliphatic carbocycles. The molecule has 2 aromatic heterocycles. The van der Waals surface area contributed by atoms with Crippen LogP contribution < -0.4 is 5.46 Å². The summed E-state index contributed by atoms with van der Waals surface area (Å²) >= 11 is 7.25. The second kappa shape index (κ2) is 26.6. The molecule has 0 bridgehead atoms. The van der Waals surface area contributed by atoms with Crippen molar-refractivity contribution < 1.29 is 9.31 Å². The maximum Gasteiger partial charge on any atom is 0.494 e. The zero-order valence-corrected chi connectivity index (χ0v) is 57.8. The first-order chi connectivity index (χ1) is 44.8. The molecule has 0 atom stereocenters. The molecule has 0 amide bonds. The molecule has 7 heteroatoms. The van der Waals surface area contributed by atoms with Crippen LogP contribution in [-0.2, 0) is 41.7 Å². The fourth-order valence-corrected chi connectivity index (χ4v) is 15.7. The Labute approximate surface area is 562 Å². The molecule has 0 spiro atoms. The van der Waals surface area contributed by atoms with Gasteiger partial charge in [0.2, 0.25) is 0 Å². The van der Waals surface area contributed by atoms with Crippen molar-refractivity contribution in [1.82, 2.24) is 9.13 Å². The lowest BCUT2D eigenvalue weighted by Gasteiger charge is -2.32. The number of hydrogen-bond acceptors (Lipinski definition) is 2. The minimum atomic E-state index is -0.292. The van der Waals surface area contributed by atoms with Crippen LogP contribution in [0, 0.1) is 0 Å². The topological polar surface area (TPSA) is 28.3 Å². The maximum atomic E-state index is 6.16. The van der Waals surface area contributed by atoms with Gasteiger partial charge in [-0.15, -0.1) is 0 Å². The van der Waals surface area contributed by atoms with Crippen molar-refractivity contribution in [2.75, 3.05) is 0 Å². The average molecular weight is 1340 g/mol. The molecule has 0 unspecified atom stereocenters. The first kappa shape index (κ1) is 62.2. The fraction of sp³-hybridized carbons (Fsp3) is 0.294. The molecule has 4 aliphatic rings. The van der Waals surface area contributed by atoms with E-state index >= 15 is 0 Å². The monoisotopic (exact) mass is 1330 g/mol. The molecular weight excluding hydrogens is 1250 g/mol. The summed E-state index contributed by atoms with van der Waals surface area (Å²) in [6.45, 7) is 15.1. The summed E-state index contributed by atoms with van der Waals surface area (Å²) in [6.07, 6.45) is 18.9. The predicted molar refractivity (Wildman–Crippen MR) is 399 cm³/mol. The lowest BCUT2D eigenvalue weighted by atomic mass is 9.78. The molecule has 4 nitrogen and oxygen atoms in total. The van der Waals surface area contributed by atoms with Crippen molar-refractivity contribution in [2.45, 2.75) is 162 Å². The van der Waals surface area contributed by atoms with Gasteiger partial charge in [0.1, 0.15) is 0 Å². The van der Waals surface area contributed by atoms with Gasteiger partial charge in [-0.2, -0.15) is 0 Å². The Kier molecular flexibility index (Phi) is 18.0. The zero-order valence-electron chi connectivity index (χ0n) is 54.6. The molecule has 0 radical (unpaired) electrons. The summed E-state index contributed by atoms with van der Waals surface area (Å²) in [7, 11) is -0.279. The highest BCUT2D eigenvalue weighted by Crippen LogP contribution is 2.44. The molecule has 16 rings (SSSR count). The summed E-state index contributed by atoms with van der Waals surface area (Å²) in [5.41, 5.74) is 28.0. The SMILES string of the molecule is CC1(C)OB(c2ccc3c(c2)Cc2ccccc2-3)OC1(C)C.CCCCCCCCn1c2cc(-c3ccc4c(c3)Cc3ccccc3-4)ccc2c2ccc(-c3ccc4c(c3)Cc3ccccc3-4)cc21.CCCCCCCCn1c2cc(Br)ccc2c2ccc(Br)cc21. The Bertz CT molecular complexity index is 4490. The zero-order chi connectivity index (χ0) is 63.1. The second-order valence-electron chi connectivity index (χ2n) is 27.4. The smallest absolute Gasteiger partial charge is 0.399 e. The number of benzene rings is 10. The molecule has 10 aromatic carbocycles. The summed E-state index contributed by atoms with van der Waals surface area (Å²) in [5, 5.41) is 5.42. The van der Waals surface area contributed by atoms with Crippen molar-refractivity contribution in [3.8, 4) is 55.6 Å². The highest BCUT2D eigenvalue weighted by Gasteiger charge is 2.52. The van der Waals surface area contributed by atoms with Crippen molar-refractivity contribution in [3.63, 3.8) is 0 Å². The minimum Gasteiger partial charge on any atom is -0.399 e. The first-order valence-corrected chi connectivity index (χ1v) is 35.8. The lowest BCUT2D eigenvalue weighted by Crippen LogP contribution is -2.41. The number of rotatable bonds is 17. The summed E-state index contributed by atoms with van der Waals surface area (Å²) in [6, 6.07) is 74.8. The molecule has 1 aliphatic heterocycles. The third kappa shape index (κ3) is 12.3. The number of halogens is 2. The van der Waals surface area contributed by atoms with E-state index in [1.165, 1.54) is 210 Å². The van der Waals surface area contributed by atoms with Crippen molar-refractivity contribution in [1.29, 1.82) is 0 Å². The maximum absolute atomic E-state index is 6.16. The molecule has 92 heavy (non-hydrogen) atoms. The molecule has 12 aromatic rings. The number of nitrogens with zero attached hydrogens (tertiary/aromatic N) is 2. The first-order valence-electron chi connectivity index (χ1n) is 34.3. The summed E-state index contributed by atoms with van der Waals surface area (Å²) in [4.78, 5) is 0. The van der Waals surface area contributed by atoms with E-state index < -0.39 is 0 Å². The quantitative estimate of drug-likeness (QED) is 0.0671. The van der Waals surface area contributed by atoms with Crippen LogP contribution in [0.2, 0.25) is 0 Å². The Morgan fingerprint density at radius 1 is 0.337 bits per heavy atom. The van der Waals surface area contributed by atoms with Gasteiger partial charge in [0.05, 0.1) is 22.2 Å². The van der Waals surface area contributed by atoms with E-state index in [2.05, 4.69) is 283 Å². The van der Waals surface area contributed by atoms with E-state index in [1.54, 1.807) is 0 Å². The molecule has 0 saturated carbocycles. The van der Waals surface area contributed by atoms with E-state index in [4.69, 9.17) is 9.31 Å². The van der Waals surface area contributed by atoms with Crippen molar-refractivity contribution in [3.05, 3.63) is 243 Å². The van der Waals surface area contributed by atoms with Crippen LogP contribution in [0.3, 0.4) is 0 Å². The molecule has 464 valence electrons. The van der Waals surface area contributed by atoms with E-state index in [1.807, 2.05) is 0 Å². The van der Waals surface area contributed by atoms with Crippen LogP contribution in [0.5, 0.6) is 0 Å². The van der Waals surface area contributed by atoms with Crippen LogP contribution in [0.15, 0.2) is 209 Å². The number of fused-ring (bicyclic) bond motifs is 15. The Morgan fingerprint density at radius 3 is 1.09 bits per heavy atom. The van der Waals surface area contributed by atoms with Gasteiger partial charge in [0.15, 0.2) is 0 Å². The van der Waals surface area contributed by atoms with E-state index in [9.17, 15) is 0 Å². The van der Waals surface area contributed by atoms with Crippen LogP contribution in [-0.4, -0.2) is 27.5 Å². The molecule has 1 saturated heterocycles. The number of aryl methyl sites for hydroxylation is 2. The Morgan fingerprint density at radius 2 is 0.663 bits per heavy atom. The third-order valence-electron chi connectivity index (χ3n) is 20.7. The average Bonchev–Trinajstić information content (AvgIpc) is 1.63. The van der Waals surface area contributed by atoms with Gasteiger partial charge < -0.3 is 18.4 Å². The van der Waals surface area contributed by atoms with Gasteiger partial charge in [0.25, 0.3) is 0 Å². The summed E-state index contributed by atoms with van der Waals surface area (Å²) < 4.78 is 19.7. The normalized spacial score (nSPS) is 14.4. The van der Waals surface area contributed by atoms with Gasteiger partial charge in [-0.05, 0) is 191 Å². The van der Waals surface area contributed by atoms with Crippen molar-refractivity contribution >= 4 is 88.1 Å². The Hall–Kier alpha value is -7.26. The van der Waals surface area contributed by atoms with Gasteiger partial charge in [-0.25, -0.2) is 0 Å². The van der Waals surface area contributed by atoms with Crippen molar-refractivity contribution in [2.24, 2.45) is 0 Å². The number of unbranched alkanes of at least 4 members (excludes halogenated alkanes) is 10. The van der Waals surface area contributed by atoms with Gasteiger partial charge >= 0.3 is 7.12 Å². The van der Waals surface area contributed by atoms with Crippen LogP contribution in [0.1, 0.15) is 152 Å². The van der Waals surface area contributed by atoms with Gasteiger partial charge in [-0.1, -0.05) is 274 Å². The second-order valence-corrected chi connectivity index (χ2v) is 29.2. The van der Waals surface area contributed by atoms with E-state index in [0.29, 0.717) is 0 Å². The minimum absolute atomic E-state index is 0.279. The number of aromatic nitrogens is 2. The summed E-state index contributed by atoms with van der Waals surface area (Å²) in [5.74, 6) is 0. The van der Waals surface area contributed by atoms with Crippen LogP contribution >= 0.6 is 31.9 Å². The lowest BCUT2D eigenvalue weighted by molar-refractivity contribution is 0.00578. The molecule has 0 N–H and O–H groups in total. The fourth-order valence-electron chi connectivity index (χ4n) is 15.0. The van der Waals surface area contributed by atoms with Crippen LogP contribution in [0.4, 0.5) is 0 Å². The predicted octanol–water partition coefficient (Wildman–Crippen LogP) is 23.9. The van der Waals surface area contributed by atoms with Gasteiger partial charge in [-0.3, -0.25) is 0 Å². The number of hydrogen-bond donors (Lipinski definition) is 0. The van der Waals surface area contributed by atoms with E-state index in [-0.39, 0.29) is 18.3 Å². The van der Waals surface area contributed by atoms with Crippen LogP contribution in [0.25, 0.3) is 99.2 Å². The highest BCUT2D eigenvalue weighted by molar-refractivity contribution is 9.10. The van der Waals surface area contributed by atoms with E-state index in [0.717, 1.165) is 46.8 Å². The Balaban J connectivity index is 0.000000136. The molecule has 1 fully saturated rings.